The van der Waals surface area contributed by atoms with Gasteiger partial charge in [-0.25, -0.2) is 13.1 Å². The predicted molar refractivity (Wildman–Crippen MR) is 96.6 cm³/mol. The average molecular weight is 345 g/mol. The number of nitrogens with one attached hydrogen (secondary N) is 1. The van der Waals surface area contributed by atoms with Gasteiger partial charge in [0.1, 0.15) is 0 Å². The highest BCUT2D eigenvalue weighted by Gasteiger charge is 2.20. The van der Waals surface area contributed by atoms with Gasteiger partial charge in [0.05, 0.1) is 4.90 Å². The smallest absolute Gasteiger partial charge is 0.240 e. The van der Waals surface area contributed by atoms with Crippen LogP contribution in [-0.4, -0.2) is 28.6 Å². The van der Waals surface area contributed by atoms with Crippen molar-refractivity contribution in [3.8, 4) is 0 Å². The molecule has 0 fully saturated rings. The number of nitrogens with zero attached hydrogens (tertiary/aromatic N) is 1. The van der Waals surface area contributed by atoms with Crippen molar-refractivity contribution in [2.24, 2.45) is 5.73 Å². The number of rotatable bonds is 5. The van der Waals surface area contributed by atoms with Gasteiger partial charge in [-0.1, -0.05) is 36.4 Å². The quantitative estimate of drug-likeness (QED) is 0.870. The number of benzene rings is 2. The molecule has 0 amide bonds. The SMILES string of the molecule is CN1CCCc2ccc(S(=O)(=O)NCC(N)c3ccccc3)cc21. The van der Waals surface area contributed by atoms with Gasteiger partial charge in [-0.15, -0.1) is 0 Å². The molecule has 1 unspecified atom stereocenters. The molecule has 128 valence electrons. The van der Waals surface area contributed by atoms with Gasteiger partial charge < -0.3 is 10.6 Å². The number of fused-ring (bicyclic) bond motifs is 1. The van der Waals surface area contributed by atoms with Crippen LogP contribution in [0.2, 0.25) is 0 Å². The van der Waals surface area contributed by atoms with Gasteiger partial charge >= 0.3 is 0 Å². The summed E-state index contributed by atoms with van der Waals surface area (Å²) in [7, 11) is -1.58. The van der Waals surface area contributed by atoms with Crippen molar-refractivity contribution < 1.29 is 8.42 Å². The molecule has 3 rings (SSSR count). The summed E-state index contributed by atoms with van der Waals surface area (Å²) in [6.07, 6.45) is 2.09. The van der Waals surface area contributed by atoms with Crippen molar-refractivity contribution in [1.82, 2.24) is 4.72 Å². The lowest BCUT2D eigenvalue weighted by Crippen LogP contribution is -2.32. The highest BCUT2D eigenvalue weighted by molar-refractivity contribution is 7.89. The summed E-state index contributed by atoms with van der Waals surface area (Å²) in [6.45, 7) is 1.11. The molecule has 5 nitrogen and oxygen atoms in total. The zero-order chi connectivity index (χ0) is 17.2. The first-order valence-corrected chi connectivity index (χ1v) is 9.60. The third-order valence-electron chi connectivity index (χ3n) is 4.44. The molecule has 6 heteroatoms. The van der Waals surface area contributed by atoms with Crippen molar-refractivity contribution in [2.75, 3.05) is 25.0 Å². The maximum absolute atomic E-state index is 12.6. The maximum atomic E-state index is 12.6. The second-order valence-corrected chi connectivity index (χ2v) is 7.95. The molecule has 0 saturated heterocycles. The minimum Gasteiger partial charge on any atom is -0.374 e. The maximum Gasteiger partial charge on any atom is 0.240 e. The summed E-state index contributed by atoms with van der Waals surface area (Å²) < 4.78 is 27.8. The third-order valence-corrected chi connectivity index (χ3v) is 5.86. The fraction of sp³-hybridized carbons (Fsp3) is 0.333. The van der Waals surface area contributed by atoms with Crippen molar-refractivity contribution in [3.63, 3.8) is 0 Å². The topological polar surface area (TPSA) is 75.4 Å². The Morgan fingerprint density at radius 1 is 1.21 bits per heavy atom. The van der Waals surface area contributed by atoms with E-state index in [1.54, 1.807) is 12.1 Å². The molecule has 1 aliphatic heterocycles. The van der Waals surface area contributed by atoms with Crippen LogP contribution in [0.1, 0.15) is 23.6 Å². The Kier molecular flexibility index (Phi) is 4.89. The average Bonchev–Trinajstić information content (AvgIpc) is 2.60. The normalized spacial score (nSPS) is 15.8. The number of nitrogens with two attached hydrogens (primary N) is 1. The van der Waals surface area contributed by atoms with E-state index < -0.39 is 10.0 Å². The molecule has 0 saturated carbocycles. The minimum absolute atomic E-state index is 0.166. The van der Waals surface area contributed by atoms with Crippen LogP contribution in [0.15, 0.2) is 53.4 Å². The van der Waals surface area contributed by atoms with Crippen molar-refractivity contribution >= 4 is 15.7 Å². The summed E-state index contributed by atoms with van der Waals surface area (Å²) in [5, 5.41) is 0. The molecule has 1 heterocycles. The van der Waals surface area contributed by atoms with E-state index >= 15 is 0 Å². The summed E-state index contributed by atoms with van der Waals surface area (Å²) >= 11 is 0. The fourth-order valence-corrected chi connectivity index (χ4v) is 4.09. The van der Waals surface area contributed by atoms with Crippen LogP contribution < -0.4 is 15.4 Å². The molecule has 0 spiro atoms. The molecule has 2 aromatic carbocycles. The predicted octanol–water partition coefficient (Wildman–Crippen LogP) is 2.05. The van der Waals surface area contributed by atoms with Gasteiger partial charge in [-0.05, 0) is 36.1 Å². The van der Waals surface area contributed by atoms with E-state index in [4.69, 9.17) is 5.73 Å². The highest BCUT2D eigenvalue weighted by Crippen LogP contribution is 2.28. The van der Waals surface area contributed by atoms with Gasteiger partial charge in [-0.3, -0.25) is 0 Å². The zero-order valence-electron chi connectivity index (χ0n) is 13.8. The Balaban J connectivity index is 1.75. The van der Waals surface area contributed by atoms with E-state index in [-0.39, 0.29) is 17.5 Å². The van der Waals surface area contributed by atoms with Crippen LogP contribution >= 0.6 is 0 Å². The van der Waals surface area contributed by atoms with E-state index in [1.807, 2.05) is 43.4 Å². The summed E-state index contributed by atoms with van der Waals surface area (Å²) in [5.41, 5.74) is 9.18. The number of sulfonamides is 1. The van der Waals surface area contributed by atoms with Gasteiger partial charge in [0.2, 0.25) is 10.0 Å². The Morgan fingerprint density at radius 3 is 2.71 bits per heavy atom. The number of hydrogen-bond acceptors (Lipinski definition) is 4. The van der Waals surface area contributed by atoms with Crippen LogP contribution in [0.5, 0.6) is 0 Å². The lowest BCUT2D eigenvalue weighted by molar-refractivity contribution is 0.572. The van der Waals surface area contributed by atoms with Crippen LogP contribution in [0.3, 0.4) is 0 Å². The van der Waals surface area contributed by atoms with Crippen LogP contribution in [-0.2, 0) is 16.4 Å². The van der Waals surface area contributed by atoms with Crippen LogP contribution in [0.4, 0.5) is 5.69 Å². The monoisotopic (exact) mass is 345 g/mol. The molecule has 0 bridgehead atoms. The lowest BCUT2D eigenvalue weighted by Gasteiger charge is -2.28. The molecule has 3 N–H and O–H groups in total. The summed E-state index contributed by atoms with van der Waals surface area (Å²) in [5.74, 6) is 0. The Bertz CT molecular complexity index is 806. The lowest BCUT2D eigenvalue weighted by atomic mass is 10.0. The van der Waals surface area contributed by atoms with Crippen molar-refractivity contribution in [3.05, 3.63) is 59.7 Å². The number of hydrogen-bond donors (Lipinski definition) is 2. The van der Waals surface area contributed by atoms with Crippen molar-refractivity contribution in [1.29, 1.82) is 0 Å². The molecule has 2 aromatic rings. The summed E-state index contributed by atoms with van der Waals surface area (Å²) in [4.78, 5) is 2.39. The Labute approximate surface area is 143 Å². The van der Waals surface area contributed by atoms with Crippen LogP contribution in [0, 0.1) is 0 Å². The van der Waals surface area contributed by atoms with Gasteiger partial charge in [0.25, 0.3) is 0 Å². The van der Waals surface area contributed by atoms with E-state index in [0.29, 0.717) is 0 Å². The van der Waals surface area contributed by atoms with Gasteiger partial charge in [-0.2, -0.15) is 0 Å². The molecular weight excluding hydrogens is 322 g/mol. The Morgan fingerprint density at radius 2 is 1.96 bits per heavy atom. The molecule has 24 heavy (non-hydrogen) atoms. The fourth-order valence-electron chi connectivity index (χ4n) is 3.01. The first kappa shape index (κ1) is 17.0. The number of anilines is 1. The Hall–Kier alpha value is -1.89. The second-order valence-electron chi connectivity index (χ2n) is 6.18. The largest absolute Gasteiger partial charge is 0.374 e. The highest BCUT2D eigenvalue weighted by atomic mass is 32.2. The van der Waals surface area contributed by atoms with Gasteiger partial charge in [0, 0.05) is 31.9 Å². The van der Waals surface area contributed by atoms with Gasteiger partial charge in [0.15, 0.2) is 0 Å². The molecule has 0 aliphatic carbocycles. The standard InChI is InChI=1S/C18H23N3O2S/c1-21-11-5-8-15-9-10-16(12-18(15)21)24(22,23)20-13-17(19)14-6-3-2-4-7-14/h2-4,6-7,9-10,12,17,20H,5,8,11,13,19H2,1H3. The summed E-state index contributed by atoms with van der Waals surface area (Å²) in [6, 6.07) is 14.5. The molecule has 1 atom stereocenters. The van der Waals surface area contributed by atoms with Crippen molar-refractivity contribution in [2.45, 2.75) is 23.8 Å². The molecule has 0 radical (unpaired) electrons. The molecular formula is C18H23N3O2S. The molecule has 1 aliphatic rings. The third kappa shape index (κ3) is 3.61. The second kappa shape index (κ2) is 6.93. The van der Waals surface area contributed by atoms with Crippen LogP contribution in [0.25, 0.3) is 0 Å². The van der Waals surface area contributed by atoms with E-state index in [2.05, 4.69) is 9.62 Å². The zero-order valence-corrected chi connectivity index (χ0v) is 14.6. The molecule has 0 aromatic heterocycles. The van der Waals surface area contributed by atoms with E-state index in [9.17, 15) is 8.42 Å². The number of aryl methyl sites for hydroxylation is 1. The first-order valence-electron chi connectivity index (χ1n) is 8.11. The van der Waals surface area contributed by atoms with E-state index in [0.717, 1.165) is 30.6 Å². The van der Waals surface area contributed by atoms with E-state index in [1.165, 1.54) is 5.56 Å². The minimum atomic E-state index is -3.58. The first-order chi connectivity index (χ1) is 11.5.